The zero-order valence-electron chi connectivity index (χ0n) is 59.7. The van der Waals surface area contributed by atoms with Crippen LogP contribution in [0.15, 0.2) is 48.5 Å². The number of alkyl halides is 3. The first kappa shape index (κ1) is 80.1. The average Bonchev–Trinajstić information content (AvgIpc) is 1.07. The monoisotopic (exact) mass is 1410 g/mol. The Morgan fingerprint density at radius 2 is 1.24 bits per heavy atom. The highest BCUT2D eigenvalue weighted by Gasteiger charge is 2.49. The molecule has 0 aromatic heterocycles. The second kappa shape index (κ2) is 36.0. The van der Waals surface area contributed by atoms with E-state index in [1.807, 2.05) is 6.92 Å². The molecule has 2 heterocycles. The molecular weight excluding hydrogens is 1310 g/mol. The summed E-state index contributed by atoms with van der Waals surface area (Å²) < 4.78 is 41.7. The molecule has 0 radical (unpaired) electrons. The number of hydrogen-bond acceptors (Lipinski definition) is 12. The van der Waals surface area contributed by atoms with Gasteiger partial charge in [0.1, 0.15) is 41.8 Å². The third-order valence-electron chi connectivity index (χ3n) is 20.4. The van der Waals surface area contributed by atoms with Crippen molar-refractivity contribution in [3.63, 3.8) is 0 Å². The third-order valence-corrected chi connectivity index (χ3v) is 20.7. The van der Waals surface area contributed by atoms with Gasteiger partial charge >= 0.3 is 6.18 Å². The minimum Gasteiger partial charge on any atom is -0.343 e. The Hall–Kier alpha value is -7.84. The van der Waals surface area contributed by atoms with E-state index in [1.165, 1.54) is 77.0 Å². The van der Waals surface area contributed by atoms with Crippen molar-refractivity contribution in [3.05, 3.63) is 70.2 Å². The zero-order chi connectivity index (χ0) is 73.4. The van der Waals surface area contributed by atoms with Gasteiger partial charge in [-0.1, -0.05) is 127 Å². The Labute approximate surface area is 585 Å². The second-order valence-electron chi connectivity index (χ2n) is 28.1. The topological polar surface area (TPSA) is 270 Å². The molecule has 2 aliphatic heterocycles. The normalized spacial score (nSPS) is 24.6. The van der Waals surface area contributed by atoms with Crippen molar-refractivity contribution in [2.75, 3.05) is 88.6 Å². The van der Waals surface area contributed by atoms with E-state index in [2.05, 4.69) is 16.0 Å². The number of carbonyl (C=O) groups is 12. The molecule has 4 fully saturated rings. The van der Waals surface area contributed by atoms with Gasteiger partial charge in [0.15, 0.2) is 0 Å². The Kier molecular flexibility index (Phi) is 29.1. The molecule has 6 rings (SSSR count). The molecule has 548 valence electrons. The smallest absolute Gasteiger partial charge is 0.343 e. The zero-order valence-corrected chi connectivity index (χ0v) is 60.5. The van der Waals surface area contributed by atoms with E-state index < -0.39 is 174 Å². The quantitative estimate of drug-likeness (QED) is 0.251. The maximum absolute atomic E-state index is 15.4. The number of rotatable bonds is 11. The van der Waals surface area contributed by atoms with E-state index in [1.54, 1.807) is 56.0 Å². The molecular formula is C71H104ClF3N12O12. The van der Waals surface area contributed by atoms with E-state index in [4.69, 9.17) is 11.6 Å². The fourth-order valence-electron chi connectivity index (χ4n) is 13.9. The minimum absolute atomic E-state index is 0.00413. The lowest BCUT2D eigenvalue weighted by molar-refractivity contribution is -0.156. The fourth-order valence-corrected chi connectivity index (χ4v) is 14.2. The molecule has 4 aliphatic rings. The van der Waals surface area contributed by atoms with Gasteiger partial charge in [-0.2, -0.15) is 13.2 Å². The maximum Gasteiger partial charge on any atom is 0.417 e. The Balaban J connectivity index is 1.43. The van der Waals surface area contributed by atoms with Crippen LogP contribution in [0, 0.1) is 17.8 Å². The first-order chi connectivity index (χ1) is 46.6. The van der Waals surface area contributed by atoms with Gasteiger partial charge in [0, 0.05) is 69.0 Å². The summed E-state index contributed by atoms with van der Waals surface area (Å²) in [7, 11) is 9.69. The first-order valence-electron chi connectivity index (χ1n) is 34.8. The number of likely N-dealkylation sites (N-methyl/N-ethyl adjacent to an activating group) is 7. The van der Waals surface area contributed by atoms with Crippen LogP contribution in [0.4, 0.5) is 13.2 Å². The highest BCUT2D eigenvalue weighted by molar-refractivity contribution is 6.31. The summed E-state index contributed by atoms with van der Waals surface area (Å²) in [5.41, 5.74) is -1.90. The second-order valence-corrected chi connectivity index (χ2v) is 28.5. The number of halogens is 4. The number of nitrogens with one attached hydrogen (secondary N) is 3. The van der Waals surface area contributed by atoms with Crippen molar-refractivity contribution < 1.29 is 70.7 Å². The number of carbonyl (C=O) groups excluding carboxylic acids is 12. The summed E-state index contributed by atoms with van der Waals surface area (Å²) >= 11 is 6.17. The van der Waals surface area contributed by atoms with E-state index >= 15 is 14.4 Å². The van der Waals surface area contributed by atoms with Gasteiger partial charge in [0.2, 0.25) is 70.9 Å². The van der Waals surface area contributed by atoms with E-state index in [9.17, 15) is 56.3 Å². The van der Waals surface area contributed by atoms with Crippen molar-refractivity contribution in [2.45, 2.75) is 198 Å². The summed E-state index contributed by atoms with van der Waals surface area (Å²) in [6.45, 7) is 6.48. The molecule has 1 spiro atoms. The molecule has 24 nitrogen and oxygen atoms in total. The number of aryl methyl sites for hydroxylation is 1. The first-order valence-corrected chi connectivity index (χ1v) is 35.2. The van der Waals surface area contributed by atoms with Crippen LogP contribution in [0.1, 0.15) is 154 Å². The van der Waals surface area contributed by atoms with Crippen LogP contribution in [-0.4, -0.2) is 245 Å². The highest BCUT2D eigenvalue weighted by Crippen LogP contribution is 2.37. The van der Waals surface area contributed by atoms with Crippen LogP contribution < -0.4 is 16.0 Å². The Morgan fingerprint density at radius 3 is 1.84 bits per heavy atom. The lowest BCUT2D eigenvalue weighted by Gasteiger charge is -2.41. The van der Waals surface area contributed by atoms with E-state index in [0.29, 0.717) is 50.8 Å². The summed E-state index contributed by atoms with van der Waals surface area (Å²) in [6, 6.07) is 3.88. The van der Waals surface area contributed by atoms with Gasteiger partial charge in [-0.15, -0.1) is 0 Å². The number of nitrogens with zero attached hydrogens (tertiary/aromatic N) is 9. The van der Waals surface area contributed by atoms with Crippen LogP contribution in [-0.2, 0) is 76.7 Å². The van der Waals surface area contributed by atoms with Crippen LogP contribution in [0.2, 0.25) is 5.02 Å². The van der Waals surface area contributed by atoms with E-state index in [-0.39, 0.29) is 50.1 Å². The molecule has 0 bridgehead atoms. The number of amides is 12. The van der Waals surface area contributed by atoms with Crippen molar-refractivity contribution in [1.29, 1.82) is 0 Å². The molecule has 7 atom stereocenters. The van der Waals surface area contributed by atoms with Gasteiger partial charge in [0.25, 0.3) is 0 Å². The van der Waals surface area contributed by atoms with Gasteiger partial charge in [0.05, 0.1) is 43.2 Å². The van der Waals surface area contributed by atoms with Gasteiger partial charge < -0.3 is 60.0 Å². The minimum atomic E-state index is -4.78. The van der Waals surface area contributed by atoms with Gasteiger partial charge in [-0.3, -0.25) is 57.5 Å². The summed E-state index contributed by atoms with van der Waals surface area (Å²) in [5, 5.41) is 7.89. The summed E-state index contributed by atoms with van der Waals surface area (Å²) in [4.78, 5) is 188. The molecule has 0 unspecified atom stereocenters. The molecule has 2 aromatic rings. The molecule has 99 heavy (non-hydrogen) atoms. The number of piperidine rings is 1. The lowest BCUT2D eigenvalue weighted by atomic mass is 9.84. The summed E-state index contributed by atoms with van der Waals surface area (Å²) in [6.07, 6.45) is 2.53. The number of likely N-dealkylation sites (tertiary alicyclic amines) is 1. The number of benzene rings is 2. The van der Waals surface area contributed by atoms with Gasteiger partial charge in [-0.25, -0.2) is 0 Å². The molecule has 2 aromatic carbocycles. The third kappa shape index (κ3) is 21.1. The number of hydrogen-bond donors (Lipinski definition) is 3. The average molecular weight is 1410 g/mol. The lowest BCUT2D eigenvalue weighted by Crippen LogP contribution is -2.64. The summed E-state index contributed by atoms with van der Waals surface area (Å²) in [5.74, 6) is -9.45. The Morgan fingerprint density at radius 1 is 0.636 bits per heavy atom. The molecule has 2 aliphatic carbocycles. The van der Waals surface area contributed by atoms with Crippen molar-refractivity contribution in [3.8, 4) is 0 Å². The van der Waals surface area contributed by atoms with Crippen LogP contribution in [0.3, 0.4) is 0 Å². The van der Waals surface area contributed by atoms with Crippen molar-refractivity contribution >= 4 is 82.5 Å². The largest absolute Gasteiger partial charge is 0.417 e. The van der Waals surface area contributed by atoms with E-state index in [0.717, 1.165) is 75.2 Å². The van der Waals surface area contributed by atoms with Crippen LogP contribution in [0.25, 0.3) is 0 Å². The predicted octanol–water partition coefficient (Wildman–Crippen LogP) is 5.51. The van der Waals surface area contributed by atoms with Crippen LogP contribution >= 0.6 is 11.6 Å². The van der Waals surface area contributed by atoms with Crippen molar-refractivity contribution in [1.82, 2.24) is 60.0 Å². The fraction of sp³-hybridized carbons (Fsp3) is 0.662. The molecule has 28 heteroatoms. The maximum atomic E-state index is 15.4. The predicted molar refractivity (Wildman–Crippen MR) is 365 cm³/mol. The Bertz CT molecular complexity index is 3220. The van der Waals surface area contributed by atoms with Crippen molar-refractivity contribution in [2.24, 2.45) is 17.8 Å². The molecule has 3 N–H and O–H groups in total. The van der Waals surface area contributed by atoms with Crippen LogP contribution in [0.5, 0.6) is 0 Å². The molecule has 2 saturated carbocycles. The molecule has 2 saturated heterocycles. The van der Waals surface area contributed by atoms with Gasteiger partial charge in [-0.05, 0) is 99.3 Å². The standard InChI is InChI=1S/C71H104ClF3N12O12/c1-13-46(4)61-67(97)81(8)43-59(91)79(6)44-60(92)83(10)54(38-48-25-17-14-18-26-48)65(95)80(7)41-56(88)76-53(32-30-49-29-31-51(52(72)37-49)71(73,74)75)64(94)87(40-50-27-19-15-20-28-50)42-57(89)78-70(33-21-22-34-70)69(99)85(12)62(45(2)3)68(98)84(11)55(66(96)86-35-23-16-24-36-86)39-58(90)82(9)47(5)63(93)77-61/h15,19-20,27-29,31,37,45-48,53-55,61-62H,13-14,16-18,21-26,30,32-36,38-44H2,1-12H3,(H,76,88)(H,77,93)(H,78,89)/t46-,47-,53-,54-,55-,61-,62-/m0/s1. The highest BCUT2D eigenvalue weighted by atomic mass is 35.5. The molecule has 12 amide bonds. The SMILES string of the molecule is CC[C@H](C)[C@@H]1NC(=O)[C@H](C)N(C)C(=O)C[C@@H](C(=O)N2CCCCC2)N(C)C(=O)[C@H](C(C)C)N(C)C(=O)C2(CCCC2)NC(=O)CN(Cc2ccccc2)C(=O)[C@H](CCc2ccc(C(F)(F)F)c(Cl)c2)NC(=O)CN(C)C(=O)[C@H](CC2CCCCC2)N(C)C(=O)CN(C)C(=O)CN(C)C1=O.